The largest absolute Gasteiger partial charge is 0.390 e. The van der Waals surface area contributed by atoms with Crippen LogP contribution < -0.4 is 10.6 Å². The lowest BCUT2D eigenvalue weighted by Gasteiger charge is -2.21. The van der Waals surface area contributed by atoms with Crippen LogP contribution in [0.15, 0.2) is 16.6 Å². The molecule has 0 saturated heterocycles. The molecule has 0 radical (unpaired) electrons. The second kappa shape index (κ2) is 11.0. The van der Waals surface area contributed by atoms with Gasteiger partial charge in [0.2, 0.25) is 20.1 Å². The summed E-state index contributed by atoms with van der Waals surface area (Å²) in [5.41, 5.74) is 4.08. The number of aliphatic hydroxyl groups is 2. The van der Waals surface area contributed by atoms with Crippen LogP contribution in [0.2, 0.25) is 0 Å². The van der Waals surface area contributed by atoms with Crippen LogP contribution in [-0.2, 0) is 9.84 Å². The highest BCUT2D eigenvalue weighted by molar-refractivity contribution is 7.93. The van der Waals surface area contributed by atoms with Gasteiger partial charge in [0.1, 0.15) is 22.4 Å². The molecule has 4 heterocycles. The van der Waals surface area contributed by atoms with E-state index < -0.39 is 34.0 Å². The Morgan fingerprint density at radius 2 is 1.77 bits per heavy atom. The van der Waals surface area contributed by atoms with Crippen LogP contribution in [0.4, 0.5) is 11.8 Å². The van der Waals surface area contributed by atoms with Crippen molar-refractivity contribution in [3.63, 3.8) is 0 Å². The molecule has 3 aliphatic rings. The molecule has 4 N–H and O–H groups in total. The summed E-state index contributed by atoms with van der Waals surface area (Å²) in [5.74, 6) is 1.08. The summed E-state index contributed by atoms with van der Waals surface area (Å²) < 4.78 is 27.5. The highest BCUT2D eigenvalue weighted by atomic mass is 32.2. The molecule has 11 nitrogen and oxygen atoms in total. The van der Waals surface area contributed by atoms with Crippen molar-refractivity contribution in [2.24, 2.45) is 11.8 Å². The first-order valence-corrected chi connectivity index (χ1v) is 18.0. The SMILES string of the molecule is Cc1nc(S(=O)(=O)C[C@H]2C[C@@H](Nc3nc(NCC4CC4)nc(C)c3-c3nc4c(C5CC5)nccc4s3)[C@H](O)[C@@H]2O)sc1C. The topological polar surface area (TPSA) is 163 Å². The average molecular weight is 642 g/mol. The van der Waals surface area contributed by atoms with Crippen molar-refractivity contribution in [2.45, 2.75) is 81.4 Å². The van der Waals surface area contributed by atoms with Crippen molar-refractivity contribution in [3.05, 3.63) is 34.2 Å². The van der Waals surface area contributed by atoms with Crippen molar-refractivity contribution >= 4 is 54.5 Å². The molecule has 14 heteroatoms. The van der Waals surface area contributed by atoms with Gasteiger partial charge >= 0.3 is 0 Å². The van der Waals surface area contributed by atoms with Gasteiger partial charge in [0, 0.05) is 29.5 Å². The maximum atomic E-state index is 13.2. The van der Waals surface area contributed by atoms with Crippen LogP contribution in [0, 0.1) is 32.6 Å². The van der Waals surface area contributed by atoms with E-state index in [1.165, 1.54) is 12.8 Å². The molecule has 0 amide bonds. The Labute approximate surface area is 258 Å². The third kappa shape index (κ3) is 5.75. The summed E-state index contributed by atoms with van der Waals surface area (Å²) in [6.07, 6.45) is 4.29. The molecule has 0 unspecified atom stereocenters. The minimum Gasteiger partial charge on any atom is -0.390 e. The molecule has 4 aromatic rings. The first kappa shape index (κ1) is 29.0. The van der Waals surface area contributed by atoms with Gasteiger partial charge in [0.25, 0.3) is 0 Å². The predicted molar refractivity (Wildman–Crippen MR) is 168 cm³/mol. The standard InChI is InChI=1S/C29H35N7O4S3/c1-13-15(3)41-29(33-13)43(39,40)12-18-10-19(25(38)24(18)37)34-26-21(14(2)32-28(36-26)31-11-16-4-5-16)27-35-23-20(42-27)8-9-30-22(23)17-6-7-17/h8-9,16-19,24-25,37-38H,4-7,10-12H2,1-3H3,(H2,31,32,34,36)/t18-,19-,24-,25+/m1/s1. The number of aryl methyl sites for hydroxylation is 3. The zero-order valence-corrected chi connectivity index (χ0v) is 26.7. The number of fused-ring (bicyclic) bond motifs is 1. The molecule has 228 valence electrons. The summed E-state index contributed by atoms with van der Waals surface area (Å²) in [6.45, 7) is 6.33. The molecule has 0 aromatic carbocycles. The molecule has 3 saturated carbocycles. The zero-order valence-electron chi connectivity index (χ0n) is 24.2. The van der Waals surface area contributed by atoms with Gasteiger partial charge in [0.05, 0.1) is 45.2 Å². The first-order chi connectivity index (χ1) is 20.6. The molecule has 7 rings (SSSR count). The molecular weight excluding hydrogens is 607 g/mol. The first-order valence-electron chi connectivity index (χ1n) is 14.7. The smallest absolute Gasteiger partial charge is 0.224 e. The van der Waals surface area contributed by atoms with Crippen LogP contribution in [-0.4, -0.2) is 74.1 Å². The van der Waals surface area contributed by atoms with Crippen molar-refractivity contribution in [1.29, 1.82) is 0 Å². The van der Waals surface area contributed by atoms with Crippen LogP contribution in [0.1, 0.15) is 60.0 Å². The molecule has 4 aromatic heterocycles. The van der Waals surface area contributed by atoms with E-state index >= 15 is 0 Å². The van der Waals surface area contributed by atoms with E-state index in [0.717, 1.165) is 67.8 Å². The maximum absolute atomic E-state index is 13.2. The fraction of sp³-hybridized carbons (Fsp3) is 0.552. The van der Waals surface area contributed by atoms with E-state index in [4.69, 9.17) is 15.0 Å². The van der Waals surface area contributed by atoms with Crippen LogP contribution >= 0.6 is 22.7 Å². The lowest BCUT2D eigenvalue weighted by molar-refractivity contribution is 0.0216. The van der Waals surface area contributed by atoms with Gasteiger partial charge < -0.3 is 20.8 Å². The minimum absolute atomic E-state index is 0.0524. The van der Waals surface area contributed by atoms with Crippen molar-refractivity contribution in [1.82, 2.24) is 24.9 Å². The summed E-state index contributed by atoms with van der Waals surface area (Å²) in [6, 6.07) is 1.35. The summed E-state index contributed by atoms with van der Waals surface area (Å²) >= 11 is 2.69. The van der Waals surface area contributed by atoms with Gasteiger partial charge in [-0.05, 0) is 64.9 Å². The zero-order chi connectivity index (χ0) is 30.0. The molecule has 0 aliphatic heterocycles. The van der Waals surface area contributed by atoms with Crippen molar-refractivity contribution in [3.8, 4) is 10.6 Å². The van der Waals surface area contributed by atoms with Gasteiger partial charge in [-0.15, -0.1) is 22.7 Å². The Morgan fingerprint density at radius 1 is 0.977 bits per heavy atom. The molecule has 4 atom stereocenters. The third-order valence-corrected chi connectivity index (χ3v) is 13.1. The van der Waals surface area contributed by atoms with Crippen molar-refractivity contribution < 1.29 is 18.6 Å². The number of sulfone groups is 1. The van der Waals surface area contributed by atoms with E-state index in [1.807, 2.05) is 26.1 Å². The van der Waals surface area contributed by atoms with Crippen LogP contribution in [0.5, 0.6) is 0 Å². The highest BCUT2D eigenvalue weighted by Crippen LogP contribution is 2.45. The van der Waals surface area contributed by atoms with Crippen LogP contribution in [0.25, 0.3) is 20.8 Å². The number of aromatic nitrogens is 5. The van der Waals surface area contributed by atoms with E-state index in [2.05, 4.69) is 20.6 Å². The molecule has 3 fully saturated rings. The quantitative estimate of drug-likeness (QED) is 0.196. The lowest BCUT2D eigenvalue weighted by Crippen LogP contribution is -2.36. The summed E-state index contributed by atoms with van der Waals surface area (Å²) in [5, 5.41) is 29.6. The van der Waals surface area contributed by atoms with Gasteiger partial charge in [0.15, 0.2) is 0 Å². The molecule has 0 bridgehead atoms. The highest BCUT2D eigenvalue weighted by Gasteiger charge is 2.44. The molecule has 0 spiro atoms. The second-order valence-electron chi connectivity index (χ2n) is 12.1. The Hall–Kier alpha value is -2.78. The molecule has 3 aliphatic carbocycles. The van der Waals surface area contributed by atoms with Gasteiger partial charge in [-0.2, -0.15) is 4.98 Å². The average Bonchev–Trinajstić information content (AvgIpc) is 3.88. The fourth-order valence-corrected chi connectivity index (χ4v) is 9.85. The van der Waals surface area contributed by atoms with E-state index in [0.29, 0.717) is 29.3 Å². The Kier molecular flexibility index (Phi) is 7.40. The predicted octanol–water partition coefficient (Wildman–Crippen LogP) is 4.23. The van der Waals surface area contributed by atoms with E-state index in [1.54, 1.807) is 18.3 Å². The number of rotatable bonds is 10. The number of thiazole rings is 2. The number of hydrogen-bond donors (Lipinski definition) is 4. The minimum atomic E-state index is -3.73. The normalized spacial score (nSPS) is 24.1. The van der Waals surface area contributed by atoms with Gasteiger partial charge in [-0.25, -0.2) is 23.4 Å². The lowest BCUT2D eigenvalue weighted by atomic mass is 10.1. The molecular formula is C29H35N7O4S3. The van der Waals surface area contributed by atoms with E-state index in [9.17, 15) is 18.6 Å². The number of aliphatic hydroxyl groups excluding tert-OH is 2. The van der Waals surface area contributed by atoms with Crippen LogP contribution in [0.3, 0.4) is 0 Å². The van der Waals surface area contributed by atoms with Gasteiger partial charge in [-0.3, -0.25) is 4.98 Å². The Morgan fingerprint density at radius 3 is 2.47 bits per heavy atom. The fourth-order valence-electron chi connectivity index (χ4n) is 5.75. The third-order valence-electron chi connectivity index (χ3n) is 8.68. The number of nitrogens with one attached hydrogen (secondary N) is 2. The monoisotopic (exact) mass is 641 g/mol. The number of hydrogen-bond acceptors (Lipinski definition) is 13. The summed E-state index contributed by atoms with van der Waals surface area (Å²) in [4.78, 5) is 24.3. The second-order valence-corrected chi connectivity index (χ2v) is 16.6. The van der Waals surface area contributed by atoms with Crippen molar-refractivity contribution in [2.75, 3.05) is 22.9 Å². The number of anilines is 2. The molecule has 43 heavy (non-hydrogen) atoms. The summed E-state index contributed by atoms with van der Waals surface area (Å²) in [7, 11) is -3.73. The Balaban J connectivity index is 1.20. The number of nitrogens with zero attached hydrogens (tertiary/aromatic N) is 5. The number of pyridine rings is 1. The van der Waals surface area contributed by atoms with Gasteiger partial charge in [-0.1, -0.05) is 0 Å². The van der Waals surface area contributed by atoms with E-state index in [-0.39, 0.29) is 16.5 Å². The Bertz CT molecular complexity index is 1780. The maximum Gasteiger partial charge on any atom is 0.224 e.